The number of carbonyl (C=O) groups is 2. The van der Waals surface area contributed by atoms with Crippen molar-refractivity contribution in [3.63, 3.8) is 0 Å². The van der Waals surface area contributed by atoms with Crippen LogP contribution in [0.5, 0.6) is 0 Å². The minimum absolute atomic E-state index is 0.0348. The Bertz CT molecular complexity index is 1590. The van der Waals surface area contributed by atoms with Crippen LogP contribution in [0.25, 0.3) is 0 Å². The third-order valence-corrected chi connectivity index (χ3v) is 8.45. The summed E-state index contributed by atoms with van der Waals surface area (Å²) in [7, 11) is -9.02. The van der Waals surface area contributed by atoms with Crippen LogP contribution in [0.1, 0.15) is 26.4 Å². The van der Waals surface area contributed by atoms with Crippen molar-refractivity contribution in [1.82, 2.24) is 9.97 Å². The van der Waals surface area contributed by atoms with Crippen molar-refractivity contribution in [3.8, 4) is 0 Å². The number of rotatable bonds is 7. The topological polar surface area (TPSA) is 128 Å². The van der Waals surface area contributed by atoms with E-state index in [1.807, 2.05) is 0 Å². The molecule has 10 heteroatoms. The number of ketones is 1. The van der Waals surface area contributed by atoms with E-state index in [0.717, 1.165) is 6.20 Å². The number of sulfone groups is 2. The molecule has 2 aromatic carbocycles. The minimum Gasteiger partial charge on any atom is -0.296 e. The summed E-state index contributed by atoms with van der Waals surface area (Å²) in [5.74, 6) is -0.893. The Balaban J connectivity index is 2.14. The van der Waals surface area contributed by atoms with Gasteiger partial charge in [0.05, 0.1) is 10.5 Å². The number of aldehydes is 1. The summed E-state index contributed by atoms with van der Waals surface area (Å²) in [5, 5.41) is -0.462. The lowest BCUT2D eigenvalue weighted by Gasteiger charge is -2.16. The van der Waals surface area contributed by atoms with Crippen LogP contribution in [0.15, 0.2) is 111 Å². The quantitative estimate of drug-likeness (QED) is 0.284. The third kappa shape index (κ3) is 4.04. The normalized spacial score (nSPS) is 11.6. The van der Waals surface area contributed by atoms with Gasteiger partial charge in [0.1, 0.15) is 15.5 Å². The van der Waals surface area contributed by atoms with Crippen molar-refractivity contribution in [2.24, 2.45) is 0 Å². The molecule has 0 atom stereocenters. The van der Waals surface area contributed by atoms with Crippen molar-refractivity contribution < 1.29 is 26.4 Å². The van der Waals surface area contributed by atoms with E-state index in [2.05, 4.69) is 9.97 Å². The van der Waals surface area contributed by atoms with Gasteiger partial charge >= 0.3 is 0 Å². The Labute approximate surface area is 195 Å². The lowest BCUT2D eigenvalue weighted by atomic mass is 10.0. The zero-order valence-electron chi connectivity index (χ0n) is 17.4. The highest BCUT2D eigenvalue weighted by Gasteiger charge is 2.36. The van der Waals surface area contributed by atoms with Crippen LogP contribution in [0, 0.1) is 0 Å². The molecule has 0 aliphatic rings. The molecule has 2 heterocycles. The number of benzene rings is 2. The molecular formula is C24H16N2O6S2. The number of hydrogen-bond acceptors (Lipinski definition) is 8. The molecule has 0 unspecified atom stereocenters. The Morgan fingerprint density at radius 1 is 0.735 bits per heavy atom. The molecule has 0 amide bonds. The predicted molar refractivity (Wildman–Crippen MR) is 121 cm³/mol. The van der Waals surface area contributed by atoms with Crippen molar-refractivity contribution in [1.29, 1.82) is 0 Å². The molecule has 0 spiro atoms. The van der Waals surface area contributed by atoms with E-state index in [1.165, 1.54) is 60.8 Å². The monoisotopic (exact) mass is 492 g/mol. The van der Waals surface area contributed by atoms with Crippen LogP contribution in [0.4, 0.5) is 0 Å². The van der Waals surface area contributed by atoms with Gasteiger partial charge in [0, 0.05) is 18.0 Å². The molecule has 2 aromatic heterocycles. The maximum absolute atomic E-state index is 13.6. The highest BCUT2D eigenvalue weighted by Crippen LogP contribution is 2.33. The van der Waals surface area contributed by atoms with Gasteiger partial charge in [0.25, 0.3) is 0 Å². The lowest BCUT2D eigenvalue weighted by Crippen LogP contribution is -2.20. The molecule has 8 nitrogen and oxygen atoms in total. The van der Waals surface area contributed by atoms with Crippen molar-refractivity contribution in [2.75, 3.05) is 0 Å². The van der Waals surface area contributed by atoms with E-state index in [-0.39, 0.29) is 16.7 Å². The average molecular weight is 493 g/mol. The molecule has 0 fully saturated rings. The van der Waals surface area contributed by atoms with Gasteiger partial charge in [-0.05, 0) is 24.3 Å². The second kappa shape index (κ2) is 9.08. The Kier molecular flexibility index (Phi) is 6.18. The van der Waals surface area contributed by atoms with Gasteiger partial charge in [-0.3, -0.25) is 14.6 Å². The number of aromatic nitrogens is 2. The van der Waals surface area contributed by atoms with Crippen LogP contribution >= 0.6 is 0 Å². The summed E-state index contributed by atoms with van der Waals surface area (Å²) < 4.78 is 54.2. The fourth-order valence-electron chi connectivity index (χ4n) is 3.34. The largest absolute Gasteiger partial charge is 0.296 e. The van der Waals surface area contributed by atoms with E-state index in [9.17, 15) is 26.4 Å². The van der Waals surface area contributed by atoms with Gasteiger partial charge in [0.15, 0.2) is 17.1 Å². The van der Waals surface area contributed by atoms with E-state index < -0.39 is 51.5 Å². The van der Waals surface area contributed by atoms with Crippen molar-refractivity contribution in [3.05, 3.63) is 108 Å². The molecule has 0 saturated carbocycles. The minimum atomic E-state index is -4.62. The molecule has 4 aromatic rings. The van der Waals surface area contributed by atoms with Crippen LogP contribution in [-0.4, -0.2) is 38.9 Å². The van der Waals surface area contributed by atoms with Crippen molar-refractivity contribution in [2.45, 2.75) is 19.7 Å². The molecule has 170 valence electrons. The molecular weight excluding hydrogens is 476 g/mol. The number of carbonyl (C=O) groups excluding carboxylic acids is 2. The van der Waals surface area contributed by atoms with Gasteiger partial charge < -0.3 is 0 Å². The van der Waals surface area contributed by atoms with E-state index in [0.29, 0.717) is 0 Å². The van der Waals surface area contributed by atoms with Crippen molar-refractivity contribution >= 4 is 31.7 Å². The SMILES string of the molecule is O=Cc1ncc(S(=O)(=O)c2ccccc2)c(C(=O)c2ccccc2)c1S(=O)(=O)c1ccccn1. The van der Waals surface area contributed by atoms with Crippen LogP contribution in [0.3, 0.4) is 0 Å². The molecule has 0 bridgehead atoms. The second-order valence-corrected chi connectivity index (χ2v) is 10.8. The molecule has 34 heavy (non-hydrogen) atoms. The van der Waals surface area contributed by atoms with Crippen LogP contribution in [0.2, 0.25) is 0 Å². The third-order valence-electron chi connectivity index (χ3n) is 4.93. The first-order valence-electron chi connectivity index (χ1n) is 9.82. The van der Waals surface area contributed by atoms with Crippen LogP contribution < -0.4 is 0 Å². The van der Waals surface area contributed by atoms with Crippen LogP contribution in [-0.2, 0) is 19.7 Å². The summed E-state index contributed by atoms with van der Waals surface area (Å²) in [5.41, 5.74) is -1.23. The summed E-state index contributed by atoms with van der Waals surface area (Å²) >= 11 is 0. The van der Waals surface area contributed by atoms with Gasteiger partial charge in [-0.25, -0.2) is 21.8 Å². The first-order chi connectivity index (χ1) is 16.3. The number of pyridine rings is 2. The zero-order valence-corrected chi connectivity index (χ0v) is 19.0. The molecule has 0 aliphatic carbocycles. The fourth-order valence-corrected chi connectivity index (χ4v) is 6.34. The highest BCUT2D eigenvalue weighted by atomic mass is 32.2. The average Bonchev–Trinajstić information content (AvgIpc) is 2.88. The molecule has 0 saturated heterocycles. The maximum atomic E-state index is 13.6. The molecule has 0 N–H and O–H groups in total. The summed E-state index contributed by atoms with van der Waals surface area (Å²) in [4.78, 5) is 31.5. The Morgan fingerprint density at radius 3 is 1.94 bits per heavy atom. The molecule has 4 rings (SSSR count). The van der Waals surface area contributed by atoms with Gasteiger partial charge in [-0.2, -0.15) is 0 Å². The summed E-state index contributed by atoms with van der Waals surface area (Å²) in [6.45, 7) is 0. The fraction of sp³-hybridized carbons (Fsp3) is 0. The van der Waals surface area contributed by atoms with Gasteiger partial charge in [0.2, 0.25) is 19.7 Å². The highest BCUT2D eigenvalue weighted by molar-refractivity contribution is 7.92. The first kappa shape index (κ1) is 23.1. The summed E-state index contributed by atoms with van der Waals surface area (Å²) in [6, 6.07) is 18.9. The second-order valence-electron chi connectivity index (χ2n) is 7.01. The predicted octanol–water partition coefficient (Wildman–Crippen LogP) is 3.19. The van der Waals surface area contributed by atoms with Gasteiger partial charge in [-0.1, -0.05) is 54.6 Å². The Morgan fingerprint density at radius 2 is 1.35 bits per heavy atom. The van der Waals surface area contributed by atoms with E-state index in [4.69, 9.17) is 0 Å². The smallest absolute Gasteiger partial charge is 0.226 e. The first-order valence-corrected chi connectivity index (χ1v) is 12.8. The van der Waals surface area contributed by atoms with Gasteiger partial charge in [-0.15, -0.1) is 0 Å². The summed E-state index contributed by atoms with van der Waals surface area (Å²) in [6.07, 6.45) is 2.22. The zero-order chi connectivity index (χ0) is 24.3. The number of hydrogen-bond donors (Lipinski definition) is 0. The number of nitrogens with zero attached hydrogens (tertiary/aromatic N) is 2. The standard InChI is InChI=1S/C24H16N2O6S2/c27-16-19-24(34(31,32)21-13-7-8-14-25-21)22(23(28)17-9-3-1-4-10-17)20(15-26-19)33(29,30)18-11-5-2-6-12-18/h1-16H. The molecule has 0 radical (unpaired) electrons. The van der Waals surface area contributed by atoms with E-state index in [1.54, 1.807) is 24.3 Å². The Hall–Kier alpha value is -4.02. The lowest BCUT2D eigenvalue weighted by molar-refractivity contribution is 0.103. The molecule has 0 aliphatic heterocycles. The maximum Gasteiger partial charge on any atom is 0.226 e. The van der Waals surface area contributed by atoms with E-state index >= 15 is 0 Å².